The Labute approximate surface area is 143 Å². The van der Waals surface area contributed by atoms with Crippen LogP contribution >= 0.6 is 11.3 Å². The maximum atomic E-state index is 11.9. The van der Waals surface area contributed by atoms with E-state index in [1.807, 2.05) is 18.5 Å². The van der Waals surface area contributed by atoms with Gasteiger partial charge >= 0.3 is 0 Å². The van der Waals surface area contributed by atoms with E-state index >= 15 is 0 Å². The number of carbonyl (C=O) groups is 1. The Hall–Kier alpha value is -2.48. The molecule has 0 bridgehead atoms. The third-order valence-corrected chi connectivity index (χ3v) is 4.75. The molecule has 3 aromatic rings. The predicted molar refractivity (Wildman–Crippen MR) is 90.4 cm³/mol. The highest BCUT2D eigenvalue weighted by molar-refractivity contribution is 7.10. The van der Waals surface area contributed by atoms with E-state index in [2.05, 4.69) is 33.5 Å². The lowest BCUT2D eigenvalue weighted by Crippen LogP contribution is -2.23. The van der Waals surface area contributed by atoms with Crippen LogP contribution in [0, 0.1) is 6.92 Å². The van der Waals surface area contributed by atoms with Crippen LogP contribution in [0.15, 0.2) is 28.4 Å². The van der Waals surface area contributed by atoms with Gasteiger partial charge in [-0.15, -0.1) is 11.3 Å². The number of carbonyl (C=O) groups excluding carboxylic acids is 1. The summed E-state index contributed by atoms with van der Waals surface area (Å²) in [6.07, 6.45) is 4.75. The maximum Gasteiger partial charge on any atom is 0.246 e. The summed E-state index contributed by atoms with van der Waals surface area (Å²) in [4.78, 5) is 17.5. The van der Waals surface area contributed by atoms with Crippen LogP contribution in [0.5, 0.6) is 0 Å². The van der Waals surface area contributed by atoms with E-state index < -0.39 is 0 Å². The van der Waals surface area contributed by atoms with E-state index in [4.69, 9.17) is 4.52 Å². The molecule has 3 heterocycles. The molecule has 3 rings (SSSR count). The molecule has 126 valence electrons. The highest BCUT2D eigenvalue weighted by Crippen LogP contribution is 2.17. The van der Waals surface area contributed by atoms with E-state index in [1.54, 1.807) is 22.2 Å². The van der Waals surface area contributed by atoms with Crippen molar-refractivity contribution in [3.63, 3.8) is 0 Å². The van der Waals surface area contributed by atoms with Crippen molar-refractivity contribution < 1.29 is 9.32 Å². The van der Waals surface area contributed by atoms with Crippen molar-refractivity contribution in [3.05, 3.63) is 40.2 Å². The number of hydrogen-bond donors (Lipinski definition) is 1. The van der Waals surface area contributed by atoms with Crippen LogP contribution in [0.4, 0.5) is 0 Å². The summed E-state index contributed by atoms with van der Waals surface area (Å²) in [6, 6.07) is 2.07. The molecule has 0 saturated carbocycles. The van der Waals surface area contributed by atoms with Gasteiger partial charge in [-0.25, -0.2) is 0 Å². The van der Waals surface area contributed by atoms with Gasteiger partial charge in [0.25, 0.3) is 0 Å². The van der Waals surface area contributed by atoms with Crippen molar-refractivity contribution in [1.29, 1.82) is 0 Å². The zero-order chi connectivity index (χ0) is 16.9. The average molecular weight is 345 g/mol. The highest BCUT2D eigenvalue weighted by atomic mass is 32.1. The minimum atomic E-state index is -0.0265. The number of amides is 1. The summed E-state index contributed by atoms with van der Waals surface area (Å²) in [6.45, 7) is 5.08. The number of hydrogen-bond acceptors (Lipinski definition) is 6. The van der Waals surface area contributed by atoms with Gasteiger partial charge in [-0.2, -0.15) is 10.1 Å². The van der Waals surface area contributed by atoms with Gasteiger partial charge in [-0.3, -0.25) is 9.48 Å². The Balaban J connectivity index is 1.50. The van der Waals surface area contributed by atoms with Crippen LogP contribution in [-0.4, -0.2) is 25.8 Å². The van der Waals surface area contributed by atoms with Crippen LogP contribution in [0.1, 0.15) is 29.7 Å². The molecule has 0 aliphatic heterocycles. The van der Waals surface area contributed by atoms with Crippen LogP contribution < -0.4 is 5.32 Å². The summed E-state index contributed by atoms with van der Waals surface area (Å²) in [5.74, 6) is 0.837. The lowest BCUT2D eigenvalue weighted by molar-refractivity contribution is -0.121. The third-order valence-electron chi connectivity index (χ3n) is 3.67. The minimum absolute atomic E-state index is 0.0265. The Morgan fingerprint density at radius 3 is 3.04 bits per heavy atom. The molecular weight excluding hydrogens is 326 g/mol. The summed E-state index contributed by atoms with van der Waals surface area (Å²) in [5.41, 5.74) is 2.04. The molecule has 8 heteroatoms. The van der Waals surface area contributed by atoms with Crippen LogP contribution in [0.25, 0.3) is 11.4 Å². The monoisotopic (exact) mass is 345 g/mol. The first-order valence-corrected chi connectivity index (χ1v) is 8.68. The molecule has 7 nitrogen and oxygen atoms in total. The van der Waals surface area contributed by atoms with Crippen molar-refractivity contribution in [2.75, 3.05) is 0 Å². The average Bonchev–Trinajstić information content (AvgIpc) is 3.31. The molecule has 0 spiro atoms. The standard InChI is InChI=1S/C16H19N5O2S/c1-3-21-10-12(8-18-21)16-19-15(23-20-16)9-17-14(22)5-4-13-11(2)6-7-24-13/h6-8,10H,3-5,9H2,1-2H3,(H,17,22). The number of nitrogens with zero attached hydrogens (tertiary/aromatic N) is 4. The molecule has 0 aliphatic carbocycles. The highest BCUT2D eigenvalue weighted by Gasteiger charge is 2.12. The molecular formula is C16H19N5O2S. The third kappa shape index (κ3) is 3.88. The van der Waals surface area contributed by atoms with E-state index in [-0.39, 0.29) is 12.5 Å². The molecule has 0 fully saturated rings. The normalized spacial score (nSPS) is 10.9. The van der Waals surface area contributed by atoms with Gasteiger partial charge in [-0.05, 0) is 37.3 Å². The molecule has 1 N–H and O–H groups in total. The first-order chi connectivity index (χ1) is 11.7. The van der Waals surface area contributed by atoms with E-state index in [9.17, 15) is 4.79 Å². The largest absolute Gasteiger partial charge is 0.347 e. The van der Waals surface area contributed by atoms with Gasteiger partial charge in [0.05, 0.1) is 18.3 Å². The van der Waals surface area contributed by atoms with Crippen LogP contribution in [-0.2, 0) is 24.3 Å². The number of nitrogens with one attached hydrogen (secondary N) is 1. The van der Waals surface area contributed by atoms with Crippen molar-refractivity contribution in [2.45, 2.75) is 39.8 Å². The molecule has 3 aromatic heterocycles. The molecule has 0 unspecified atom stereocenters. The number of thiophene rings is 1. The Bertz CT molecular complexity index is 820. The first kappa shape index (κ1) is 16.4. The molecule has 0 aromatic carbocycles. The van der Waals surface area contributed by atoms with Gasteiger partial charge in [0, 0.05) is 24.0 Å². The molecule has 0 aliphatic rings. The number of aromatic nitrogens is 4. The van der Waals surface area contributed by atoms with E-state index in [0.29, 0.717) is 18.1 Å². The van der Waals surface area contributed by atoms with Crippen molar-refractivity contribution in [2.24, 2.45) is 0 Å². The van der Waals surface area contributed by atoms with Crippen molar-refractivity contribution in [1.82, 2.24) is 25.2 Å². The Morgan fingerprint density at radius 2 is 2.33 bits per heavy atom. The number of rotatable bonds is 7. The molecule has 0 atom stereocenters. The Kier molecular flexibility index (Phi) is 5.05. The second-order valence-corrected chi connectivity index (χ2v) is 6.40. The van der Waals surface area contributed by atoms with Gasteiger partial charge in [-0.1, -0.05) is 5.16 Å². The van der Waals surface area contributed by atoms with Gasteiger partial charge in [0.15, 0.2) is 0 Å². The first-order valence-electron chi connectivity index (χ1n) is 7.80. The quantitative estimate of drug-likeness (QED) is 0.711. The van der Waals surface area contributed by atoms with Crippen molar-refractivity contribution in [3.8, 4) is 11.4 Å². The second-order valence-electron chi connectivity index (χ2n) is 5.40. The zero-order valence-corrected chi connectivity index (χ0v) is 14.5. The summed E-state index contributed by atoms with van der Waals surface area (Å²) < 4.78 is 6.96. The predicted octanol–water partition coefficient (Wildman–Crippen LogP) is 2.57. The maximum absolute atomic E-state index is 11.9. The Morgan fingerprint density at radius 1 is 1.46 bits per heavy atom. The lowest BCUT2D eigenvalue weighted by atomic mass is 10.2. The summed E-state index contributed by atoms with van der Waals surface area (Å²) >= 11 is 1.68. The fourth-order valence-electron chi connectivity index (χ4n) is 2.25. The summed E-state index contributed by atoms with van der Waals surface area (Å²) in [5, 5.41) is 13.0. The van der Waals surface area contributed by atoms with Crippen LogP contribution in [0.2, 0.25) is 0 Å². The second kappa shape index (κ2) is 7.39. The molecule has 24 heavy (non-hydrogen) atoms. The molecule has 0 radical (unpaired) electrons. The fourth-order valence-corrected chi connectivity index (χ4v) is 3.16. The van der Waals surface area contributed by atoms with E-state index in [1.165, 1.54) is 10.4 Å². The lowest BCUT2D eigenvalue weighted by Gasteiger charge is -2.02. The van der Waals surface area contributed by atoms with Crippen molar-refractivity contribution >= 4 is 17.2 Å². The van der Waals surface area contributed by atoms with Gasteiger partial charge in [0.1, 0.15) is 0 Å². The zero-order valence-electron chi connectivity index (χ0n) is 13.7. The van der Waals surface area contributed by atoms with Gasteiger partial charge < -0.3 is 9.84 Å². The topological polar surface area (TPSA) is 85.8 Å². The van der Waals surface area contributed by atoms with Crippen LogP contribution in [0.3, 0.4) is 0 Å². The minimum Gasteiger partial charge on any atom is -0.347 e. The molecule has 0 saturated heterocycles. The summed E-state index contributed by atoms with van der Waals surface area (Å²) in [7, 11) is 0. The van der Waals surface area contributed by atoms with Gasteiger partial charge in [0.2, 0.25) is 17.6 Å². The smallest absolute Gasteiger partial charge is 0.246 e. The SMILES string of the molecule is CCn1cc(-c2noc(CNC(=O)CCc3sccc3C)n2)cn1. The fraction of sp³-hybridized carbons (Fsp3) is 0.375. The molecule has 1 amide bonds. The van der Waals surface area contributed by atoms with E-state index in [0.717, 1.165) is 18.5 Å². The number of aryl methyl sites for hydroxylation is 3.